The second kappa shape index (κ2) is 9.07. The Morgan fingerprint density at radius 2 is 1.42 bits per heavy atom. The van der Waals surface area contributed by atoms with Gasteiger partial charge in [0.25, 0.3) is 11.8 Å². The molecule has 7 nitrogen and oxygen atoms in total. The average Bonchev–Trinajstić information content (AvgIpc) is 3.09. The van der Waals surface area contributed by atoms with Gasteiger partial charge in [0.15, 0.2) is 11.6 Å². The molecule has 180 valence electrons. The molecular weight excluding hydrogens is 450 g/mol. The zero-order chi connectivity index (χ0) is 24.6. The van der Waals surface area contributed by atoms with Crippen molar-refractivity contribution in [2.24, 2.45) is 0 Å². The van der Waals surface area contributed by atoms with Crippen LogP contribution in [-0.4, -0.2) is 52.9 Å². The lowest BCUT2D eigenvalue weighted by molar-refractivity contribution is -0.123. The molecule has 1 aromatic heterocycles. The molecule has 36 heavy (non-hydrogen) atoms. The van der Waals surface area contributed by atoms with Crippen LogP contribution in [-0.2, 0) is 17.8 Å². The SMILES string of the molecule is CN1CCCN(C(=O)[C@@H]2Cc3ccccc3CN2C(=O)c2ccccc2)c2nc3ccccc3nc21. The van der Waals surface area contributed by atoms with E-state index in [1.807, 2.05) is 67.7 Å². The lowest BCUT2D eigenvalue weighted by Crippen LogP contribution is -2.54. The first-order valence-corrected chi connectivity index (χ1v) is 12.3. The summed E-state index contributed by atoms with van der Waals surface area (Å²) in [4.78, 5) is 43.3. The van der Waals surface area contributed by atoms with E-state index in [1.165, 1.54) is 0 Å². The minimum Gasteiger partial charge on any atom is -0.357 e. The fourth-order valence-corrected chi connectivity index (χ4v) is 5.19. The molecular formula is C29H27N5O2. The maximum absolute atomic E-state index is 14.3. The highest BCUT2D eigenvalue weighted by Gasteiger charge is 2.39. The molecule has 4 aromatic rings. The first kappa shape index (κ1) is 22.2. The number of fused-ring (bicyclic) bond motifs is 3. The second-order valence-corrected chi connectivity index (χ2v) is 9.41. The van der Waals surface area contributed by atoms with Crippen LogP contribution >= 0.6 is 0 Å². The highest BCUT2D eigenvalue weighted by Crippen LogP contribution is 2.33. The molecule has 2 amide bonds. The first-order valence-electron chi connectivity index (χ1n) is 12.3. The van der Waals surface area contributed by atoms with Gasteiger partial charge in [-0.15, -0.1) is 0 Å². The lowest BCUT2D eigenvalue weighted by Gasteiger charge is -2.38. The fraction of sp³-hybridized carbons (Fsp3) is 0.241. The summed E-state index contributed by atoms with van der Waals surface area (Å²) in [6.45, 7) is 1.68. The van der Waals surface area contributed by atoms with Crippen molar-refractivity contribution in [2.75, 3.05) is 29.9 Å². The molecule has 0 spiro atoms. The van der Waals surface area contributed by atoms with E-state index in [2.05, 4.69) is 11.0 Å². The van der Waals surface area contributed by atoms with Crippen molar-refractivity contribution in [3.8, 4) is 0 Å². The van der Waals surface area contributed by atoms with Crippen LogP contribution in [0.2, 0.25) is 0 Å². The Kier molecular flexibility index (Phi) is 5.60. The van der Waals surface area contributed by atoms with Crippen LogP contribution in [0.1, 0.15) is 27.9 Å². The van der Waals surface area contributed by atoms with E-state index in [0.29, 0.717) is 36.7 Å². The number of nitrogens with zero attached hydrogens (tertiary/aromatic N) is 5. The van der Waals surface area contributed by atoms with Crippen molar-refractivity contribution in [3.63, 3.8) is 0 Å². The molecule has 2 aliphatic heterocycles. The van der Waals surface area contributed by atoms with Crippen molar-refractivity contribution in [2.45, 2.75) is 25.4 Å². The Bertz CT molecular complexity index is 1450. The molecule has 0 unspecified atom stereocenters. The van der Waals surface area contributed by atoms with Crippen LogP contribution in [0.3, 0.4) is 0 Å². The van der Waals surface area contributed by atoms with Gasteiger partial charge in [0.2, 0.25) is 0 Å². The number of aromatic nitrogens is 2. The summed E-state index contributed by atoms with van der Waals surface area (Å²) in [5.41, 5.74) is 4.30. The van der Waals surface area contributed by atoms with Crippen molar-refractivity contribution >= 4 is 34.5 Å². The quantitative estimate of drug-likeness (QED) is 0.435. The third-order valence-electron chi connectivity index (χ3n) is 7.11. The van der Waals surface area contributed by atoms with E-state index in [9.17, 15) is 9.59 Å². The second-order valence-electron chi connectivity index (χ2n) is 9.41. The van der Waals surface area contributed by atoms with Gasteiger partial charge in [0.05, 0.1) is 11.0 Å². The molecule has 0 fully saturated rings. The van der Waals surface area contributed by atoms with Gasteiger partial charge >= 0.3 is 0 Å². The topological polar surface area (TPSA) is 69.6 Å². The predicted octanol–water partition coefficient (Wildman–Crippen LogP) is 4.07. The van der Waals surface area contributed by atoms with Gasteiger partial charge in [-0.1, -0.05) is 54.6 Å². The Hall–Kier alpha value is -4.26. The van der Waals surface area contributed by atoms with Gasteiger partial charge in [-0.25, -0.2) is 9.97 Å². The molecule has 0 N–H and O–H groups in total. The number of amides is 2. The molecule has 0 saturated carbocycles. The van der Waals surface area contributed by atoms with E-state index in [4.69, 9.17) is 9.97 Å². The molecule has 3 heterocycles. The van der Waals surface area contributed by atoms with Crippen LogP contribution in [0.5, 0.6) is 0 Å². The van der Waals surface area contributed by atoms with Crippen LogP contribution < -0.4 is 9.80 Å². The van der Waals surface area contributed by atoms with Crippen molar-refractivity contribution in [1.82, 2.24) is 14.9 Å². The Balaban J connectivity index is 1.43. The van der Waals surface area contributed by atoms with Crippen molar-refractivity contribution < 1.29 is 9.59 Å². The van der Waals surface area contributed by atoms with E-state index >= 15 is 0 Å². The number of benzene rings is 3. The lowest BCUT2D eigenvalue weighted by atomic mass is 9.92. The summed E-state index contributed by atoms with van der Waals surface area (Å²) < 4.78 is 0. The molecule has 0 bridgehead atoms. The normalized spacial score (nSPS) is 17.4. The summed E-state index contributed by atoms with van der Waals surface area (Å²) in [5, 5.41) is 0. The Morgan fingerprint density at radius 3 is 2.17 bits per heavy atom. The third kappa shape index (κ3) is 3.86. The summed E-state index contributed by atoms with van der Waals surface area (Å²) in [6.07, 6.45) is 1.25. The largest absolute Gasteiger partial charge is 0.357 e. The molecule has 3 aromatic carbocycles. The molecule has 0 radical (unpaired) electrons. The third-order valence-corrected chi connectivity index (χ3v) is 7.11. The number of anilines is 2. The van der Waals surface area contributed by atoms with Crippen LogP contribution in [0.25, 0.3) is 11.0 Å². The number of carbonyl (C=O) groups excluding carboxylic acids is 2. The zero-order valence-electron chi connectivity index (χ0n) is 20.2. The Labute approximate surface area is 210 Å². The number of carbonyl (C=O) groups is 2. The molecule has 1 atom stereocenters. The van der Waals surface area contributed by atoms with E-state index in [1.54, 1.807) is 21.9 Å². The first-order chi connectivity index (χ1) is 17.6. The summed E-state index contributed by atoms with van der Waals surface area (Å²) in [7, 11) is 1.98. The summed E-state index contributed by atoms with van der Waals surface area (Å²) >= 11 is 0. The fourth-order valence-electron chi connectivity index (χ4n) is 5.19. The predicted molar refractivity (Wildman–Crippen MR) is 140 cm³/mol. The monoisotopic (exact) mass is 477 g/mol. The molecule has 0 aliphatic carbocycles. The molecule has 2 aliphatic rings. The molecule has 0 saturated heterocycles. The van der Waals surface area contributed by atoms with Gasteiger partial charge in [0.1, 0.15) is 6.04 Å². The zero-order valence-corrected chi connectivity index (χ0v) is 20.2. The van der Waals surface area contributed by atoms with Crippen LogP contribution in [0.4, 0.5) is 11.6 Å². The number of rotatable bonds is 2. The van der Waals surface area contributed by atoms with E-state index < -0.39 is 6.04 Å². The minimum atomic E-state index is -0.628. The number of para-hydroxylation sites is 2. The average molecular weight is 478 g/mol. The smallest absolute Gasteiger partial charge is 0.254 e. The van der Waals surface area contributed by atoms with Gasteiger partial charge in [0, 0.05) is 38.7 Å². The molecule has 6 rings (SSSR count). The highest BCUT2D eigenvalue weighted by molar-refractivity contribution is 6.04. The maximum Gasteiger partial charge on any atom is 0.254 e. The van der Waals surface area contributed by atoms with Gasteiger partial charge < -0.3 is 9.80 Å². The van der Waals surface area contributed by atoms with Gasteiger partial charge in [-0.05, 0) is 41.8 Å². The van der Waals surface area contributed by atoms with E-state index in [0.717, 1.165) is 35.1 Å². The Morgan fingerprint density at radius 1 is 0.778 bits per heavy atom. The number of hydrogen-bond acceptors (Lipinski definition) is 5. The summed E-state index contributed by atoms with van der Waals surface area (Å²) in [5.74, 6) is 0.997. The minimum absolute atomic E-state index is 0.116. The maximum atomic E-state index is 14.3. The summed E-state index contributed by atoms with van der Waals surface area (Å²) in [6, 6.07) is 24.3. The van der Waals surface area contributed by atoms with Crippen molar-refractivity contribution in [3.05, 3.63) is 95.6 Å². The van der Waals surface area contributed by atoms with Crippen LogP contribution in [0.15, 0.2) is 78.9 Å². The molecule has 7 heteroatoms. The standard InChI is InChI=1S/C29H27N5O2/c1-32-16-9-17-33(27-26(32)30-23-14-7-8-15-24(23)31-27)29(36)25-18-21-12-5-6-13-22(21)19-34(25)28(35)20-10-3-2-4-11-20/h2-8,10-15,25H,9,16-19H2,1H3/t25-/m0/s1. The van der Waals surface area contributed by atoms with Gasteiger partial charge in [-0.2, -0.15) is 0 Å². The van der Waals surface area contributed by atoms with Crippen LogP contribution in [0, 0.1) is 0 Å². The van der Waals surface area contributed by atoms with Crippen molar-refractivity contribution in [1.29, 1.82) is 0 Å². The highest BCUT2D eigenvalue weighted by atomic mass is 16.2. The number of hydrogen-bond donors (Lipinski definition) is 0. The van der Waals surface area contributed by atoms with Gasteiger partial charge in [-0.3, -0.25) is 14.5 Å². The van der Waals surface area contributed by atoms with E-state index in [-0.39, 0.29) is 11.8 Å².